The number of aliphatic hydroxyl groups is 1. The van der Waals surface area contributed by atoms with Crippen LogP contribution >= 0.6 is 11.8 Å². The van der Waals surface area contributed by atoms with E-state index in [2.05, 4.69) is 4.98 Å². The van der Waals surface area contributed by atoms with Crippen LogP contribution in [0.3, 0.4) is 0 Å². The Balaban J connectivity index is 2.04. The van der Waals surface area contributed by atoms with Crippen LogP contribution in [0.1, 0.15) is 56.4 Å². The molecule has 1 atom stereocenters. The van der Waals surface area contributed by atoms with E-state index >= 15 is 0 Å². The number of aromatic nitrogens is 1. The van der Waals surface area contributed by atoms with Crippen molar-refractivity contribution in [3.05, 3.63) is 23.4 Å². The summed E-state index contributed by atoms with van der Waals surface area (Å²) in [6, 6.07) is 4.06. The second-order valence-corrected chi connectivity index (χ2v) is 6.20. The molecule has 1 fully saturated rings. The molecule has 3 heteroatoms. The van der Waals surface area contributed by atoms with Gasteiger partial charge in [0, 0.05) is 16.5 Å². The van der Waals surface area contributed by atoms with Crippen LogP contribution in [0.4, 0.5) is 0 Å². The molecular weight excluding hydrogens is 230 g/mol. The highest BCUT2D eigenvalue weighted by molar-refractivity contribution is 7.99. The first-order valence-electron chi connectivity index (χ1n) is 6.49. The molecule has 0 radical (unpaired) electrons. The summed E-state index contributed by atoms with van der Waals surface area (Å²) >= 11 is 1.91. The normalized spacial score (nSPS) is 19.2. The molecule has 1 heterocycles. The van der Waals surface area contributed by atoms with Gasteiger partial charge in [-0.1, -0.05) is 25.3 Å². The number of thioether (sulfide) groups is 1. The summed E-state index contributed by atoms with van der Waals surface area (Å²) in [4.78, 5) is 4.59. The van der Waals surface area contributed by atoms with Gasteiger partial charge in [-0.15, -0.1) is 11.8 Å². The lowest BCUT2D eigenvalue weighted by molar-refractivity contribution is 0.198. The Hall–Kier alpha value is -0.540. The summed E-state index contributed by atoms with van der Waals surface area (Å²) in [6.07, 6.45) is 6.35. The number of rotatable bonds is 3. The molecule has 0 saturated heterocycles. The molecule has 1 aliphatic rings. The van der Waals surface area contributed by atoms with Crippen molar-refractivity contribution in [2.45, 2.75) is 62.3 Å². The molecule has 0 aromatic carbocycles. The average Bonchev–Trinajstić information content (AvgIpc) is 2.30. The van der Waals surface area contributed by atoms with Crippen molar-refractivity contribution < 1.29 is 5.11 Å². The van der Waals surface area contributed by atoms with Crippen LogP contribution < -0.4 is 0 Å². The zero-order chi connectivity index (χ0) is 12.3. The summed E-state index contributed by atoms with van der Waals surface area (Å²) in [5, 5.41) is 11.4. The zero-order valence-electron chi connectivity index (χ0n) is 10.6. The van der Waals surface area contributed by atoms with Crippen LogP contribution in [0.2, 0.25) is 0 Å². The molecule has 1 aromatic heterocycles. The average molecular weight is 251 g/mol. The maximum absolute atomic E-state index is 9.57. The summed E-state index contributed by atoms with van der Waals surface area (Å²) in [5.41, 5.74) is 1.90. The molecule has 1 N–H and O–H groups in total. The lowest BCUT2D eigenvalue weighted by atomic mass is 10.0. The number of aliphatic hydroxyl groups excluding tert-OH is 1. The Kier molecular flexibility index (Phi) is 4.46. The van der Waals surface area contributed by atoms with E-state index in [1.807, 2.05) is 30.8 Å². The van der Waals surface area contributed by atoms with Gasteiger partial charge < -0.3 is 5.11 Å². The predicted molar refractivity (Wildman–Crippen MR) is 72.3 cm³/mol. The highest BCUT2D eigenvalue weighted by Gasteiger charge is 2.16. The van der Waals surface area contributed by atoms with Gasteiger partial charge in [0.25, 0.3) is 0 Å². The maximum atomic E-state index is 9.57. The number of pyridine rings is 1. The molecule has 0 aliphatic heterocycles. The smallest absolute Gasteiger partial charge is 0.0965 e. The monoisotopic (exact) mass is 251 g/mol. The van der Waals surface area contributed by atoms with Crippen LogP contribution in [0.25, 0.3) is 0 Å². The fraction of sp³-hybridized carbons (Fsp3) is 0.643. The van der Waals surface area contributed by atoms with Crippen LogP contribution in [-0.2, 0) is 0 Å². The number of aryl methyl sites for hydroxylation is 1. The molecule has 0 amide bonds. The van der Waals surface area contributed by atoms with Crippen molar-refractivity contribution in [3.8, 4) is 0 Å². The molecule has 0 spiro atoms. The standard InChI is InChI=1S/C14H21NOS/c1-10-13(11(2)16)8-9-14(15-10)17-12-6-4-3-5-7-12/h8-9,11-12,16H,3-7H2,1-2H3/t11-/m1/s1. The Labute approximate surface area is 108 Å². The van der Waals surface area contributed by atoms with Crippen molar-refractivity contribution in [1.82, 2.24) is 4.98 Å². The lowest BCUT2D eigenvalue weighted by Gasteiger charge is -2.20. The molecule has 1 saturated carbocycles. The van der Waals surface area contributed by atoms with E-state index in [-0.39, 0.29) is 0 Å². The number of nitrogens with zero attached hydrogens (tertiary/aromatic N) is 1. The van der Waals surface area contributed by atoms with Crippen molar-refractivity contribution in [2.75, 3.05) is 0 Å². The number of hydrogen-bond acceptors (Lipinski definition) is 3. The minimum absolute atomic E-state index is 0.420. The highest BCUT2D eigenvalue weighted by atomic mass is 32.2. The second kappa shape index (κ2) is 5.87. The van der Waals surface area contributed by atoms with E-state index in [1.165, 1.54) is 32.1 Å². The van der Waals surface area contributed by atoms with E-state index in [1.54, 1.807) is 6.92 Å². The first kappa shape index (κ1) is 12.9. The third-order valence-corrected chi connectivity index (χ3v) is 4.66. The summed E-state index contributed by atoms with van der Waals surface area (Å²) < 4.78 is 0. The Morgan fingerprint density at radius 2 is 2.00 bits per heavy atom. The Morgan fingerprint density at radius 1 is 1.29 bits per heavy atom. The van der Waals surface area contributed by atoms with Gasteiger partial charge in [0.1, 0.15) is 0 Å². The molecule has 94 valence electrons. The molecule has 2 rings (SSSR count). The summed E-state index contributed by atoms with van der Waals surface area (Å²) in [6.45, 7) is 3.77. The molecule has 1 aliphatic carbocycles. The van der Waals surface area contributed by atoms with Gasteiger partial charge in [-0.25, -0.2) is 4.98 Å². The quantitative estimate of drug-likeness (QED) is 0.885. The molecule has 2 nitrogen and oxygen atoms in total. The SMILES string of the molecule is Cc1nc(SC2CCCCC2)ccc1[C@@H](C)O. The van der Waals surface area contributed by atoms with E-state index < -0.39 is 6.10 Å². The van der Waals surface area contributed by atoms with Gasteiger partial charge in [-0.3, -0.25) is 0 Å². The fourth-order valence-electron chi connectivity index (χ4n) is 2.41. The maximum Gasteiger partial charge on any atom is 0.0965 e. The van der Waals surface area contributed by atoms with Gasteiger partial charge in [-0.2, -0.15) is 0 Å². The van der Waals surface area contributed by atoms with Crippen LogP contribution in [-0.4, -0.2) is 15.3 Å². The van der Waals surface area contributed by atoms with Gasteiger partial charge in [0.15, 0.2) is 0 Å². The third-order valence-electron chi connectivity index (χ3n) is 3.39. The van der Waals surface area contributed by atoms with Gasteiger partial charge in [0.2, 0.25) is 0 Å². The fourth-order valence-corrected chi connectivity index (χ4v) is 3.66. The minimum Gasteiger partial charge on any atom is -0.389 e. The lowest BCUT2D eigenvalue weighted by Crippen LogP contribution is -2.08. The topological polar surface area (TPSA) is 33.1 Å². The van der Waals surface area contributed by atoms with Crippen molar-refractivity contribution in [2.24, 2.45) is 0 Å². The van der Waals surface area contributed by atoms with Gasteiger partial charge in [0.05, 0.1) is 11.1 Å². The molecular formula is C14H21NOS. The number of hydrogen-bond donors (Lipinski definition) is 1. The highest BCUT2D eigenvalue weighted by Crippen LogP contribution is 2.33. The first-order valence-corrected chi connectivity index (χ1v) is 7.37. The third kappa shape index (κ3) is 3.46. The predicted octanol–water partition coefficient (Wildman–Crippen LogP) is 3.87. The van der Waals surface area contributed by atoms with E-state index in [9.17, 15) is 5.11 Å². The minimum atomic E-state index is -0.420. The van der Waals surface area contributed by atoms with Crippen LogP contribution in [0.15, 0.2) is 17.2 Å². The zero-order valence-corrected chi connectivity index (χ0v) is 11.5. The molecule has 1 aromatic rings. The first-order chi connectivity index (χ1) is 8.16. The van der Waals surface area contributed by atoms with Crippen molar-refractivity contribution in [3.63, 3.8) is 0 Å². The van der Waals surface area contributed by atoms with Crippen molar-refractivity contribution in [1.29, 1.82) is 0 Å². The summed E-state index contributed by atoms with van der Waals surface area (Å²) in [5.74, 6) is 0. The second-order valence-electron chi connectivity index (χ2n) is 4.88. The largest absolute Gasteiger partial charge is 0.389 e. The van der Waals surface area contributed by atoms with E-state index in [0.717, 1.165) is 21.5 Å². The van der Waals surface area contributed by atoms with Gasteiger partial charge >= 0.3 is 0 Å². The van der Waals surface area contributed by atoms with E-state index in [4.69, 9.17) is 0 Å². The van der Waals surface area contributed by atoms with Gasteiger partial charge in [-0.05, 0) is 32.8 Å². The summed E-state index contributed by atoms with van der Waals surface area (Å²) in [7, 11) is 0. The van der Waals surface area contributed by atoms with Crippen LogP contribution in [0.5, 0.6) is 0 Å². The molecule has 17 heavy (non-hydrogen) atoms. The van der Waals surface area contributed by atoms with Crippen molar-refractivity contribution >= 4 is 11.8 Å². The molecule has 0 unspecified atom stereocenters. The van der Waals surface area contributed by atoms with E-state index in [0.29, 0.717) is 0 Å². The Morgan fingerprint density at radius 3 is 2.59 bits per heavy atom. The Bertz CT molecular complexity index is 372. The molecule has 0 bridgehead atoms. The van der Waals surface area contributed by atoms with Crippen LogP contribution in [0, 0.1) is 6.92 Å².